The first-order chi connectivity index (χ1) is 5.95. The first kappa shape index (κ1) is 10.5. The lowest BCUT2D eigenvalue weighted by molar-refractivity contribution is -0.158. The van der Waals surface area contributed by atoms with E-state index in [2.05, 4.69) is 0 Å². The fourth-order valence-electron chi connectivity index (χ4n) is 1.38. The Bertz CT molecular complexity index is 198. The molecule has 13 heavy (non-hydrogen) atoms. The highest BCUT2D eigenvalue weighted by Crippen LogP contribution is 2.18. The number of rotatable bonds is 1. The highest BCUT2D eigenvalue weighted by Gasteiger charge is 2.32. The third-order valence-corrected chi connectivity index (χ3v) is 2.14. The fourth-order valence-corrected chi connectivity index (χ4v) is 1.38. The molecule has 1 heterocycles. The van der Waals surface area contributed by atoms with E-state index in [0.717, 1.165) is 0 Å². The van der Waals surface area contributed by atoms with Gasteiger partial charge in [0.2, 0.25) is 5.91 Å². The summed E-state index contributed by atoms with van der Waals surface area (Å²) in [5.41, 5.74) is -0.186. The highest BCUT2D eigenvalue weighted by molar-refractivity contribution is 5.78. The minimum absolute atomic E-state index is 0.00259. The summed E-state index contributed by atoms with van der Waals surface area (Å²) in [4.78, 5) is 13.2. The van der Waals surface area contributed by atoms with Crippen LogP contribution in [0.5, 0.6) is 0 Å². The second-order valence-electron chi connectivity index (χ2n) is 4.29. The quantitative estimate of drug-likeness (QED) is 0.629. The number of hydrogen-bond donors (Lipinski definition) is 1. The van der Waals surface area contributed by atoms with Gasteiger partial charge in [0.05, 0.1) is 12.7 Å². The third-order valence-electron chi connectivity index (χ3n) is 2.14. The summed E-state index contributed by atoms with van der Waals surface area (Å²) >= 11 is 0. The molecule has 0 aromatic carbocycles. The number of carbonyl (C=O) groups excluding carboxylic acids is 1. The van der Waals surface area contributed by atoms with Gasteiger partial charge in [0.25, 0.3) is 0 Å². The number of hydrogen-bond acceptors (Lipinski definition) is 3. The molecule has 1 saturated heterocycles. The smallest absolute Gasteiger partial charge is 0.249 e. The molecule has 0 spiro atoms. The predicted molar refractivity (Wildman–Crippen MR) is 48.3 cm³/mol. The second-order valence-corrected chi connectivity index (χ2v) is 4.29. The van der Waals surface area contributed by atoms with Gasteiger partial charge >= 0.3 is 0 Å². The van der Waals surface area contributed by atoms with Crippen molar-refractivity contribution in [2.75, 3.05) is 19.8 Å². The van der Waals surface area contributed by atoms with Gasteiger partial charge in [-0.1, -0.05) is 0 Å². The molecule has 4 nitrogen and oxygen atoms in total. The summed E-state index contributed by atoms with van der Waals surface area (Å²) in [5.74, 6) is -0.00259. The number of amides is 1. The van der Waals surface area contributed by atoms with Crippen LogP contribution in [-0.2, 0) is 9.53 Å². The van der Waals surface area contributed by atoms with Crippen molar-refractivity contribution in [2.45, 2.75) is 32.4 Å². The molecule has 4 heteroatoms. The molecule has 0 radical (unpaired) electrons. The molecule has 0 aliphatic carbocycles. The molecule has 0 aromatic heterocycles. The summed E-state index contributed by atoms with van der Waals surface area (Å²) < 4.78 is 5.12. The summed E-state index contributed by atoms with van der Waals surface area (Å²) in [6.45, 7) is 6.47. The SMILES string of the molecule is CC(C)(C)N1CC(CO)OCC1=O. The molecule has 0 bridgehead atoms. The monoisotopic (exact) mass is 187 g/mol. The van der Waals surface area contributed by atoms with E-state index in [1.165, 1.54) is 0 Å². The molecular formula is C9H17NO3. The Morgan fingerprint density at radius 2 is 2.23 bits per heavy atom. The number of nitrogens with zero attached hydrogens (tertiary/aromatic N) is 1. The van der Waals surface area contributed by atoms with Gasteiger partial charge in [-0.2, -0.15) is 0 Å². The van der Waals surface area contributed by atoms with Crippen molar-refractivity contribution in [1.82, 2.24) is 4.90 Å². The van der Waals surface area contributed by atoms with Crippen molar-refractivity contribution in [3.63, 3.8) is 0 Å². The van der Waals surface area contributed by atoms with Crippen LogP contribution < -0.4 is 0 Å². The zero-order valence-electron chi connectivity index (χ0n) is 8.41. The van der Waals surface area contributed by atoms with E-state index in [-0.39, 0.29) is 30.8 Å². The molecule has 1 amide bonds. The van der Waals surface area contributed by atoms with Crippen LogP contribution in [0.25, 0.3) is 0 Å². The zero-order chi connectivity index (χ0) is 10.1. The van der Waals surface area contributed by atoms with Gasteiger partial charge in [-0.25, -0.2) is 0 Å². The van der Waals surface area contributed by atoms with Crippen molar-refractivity contribution in [3.8, 4) is 0 Å². The number of ether oxygens (including phenoxy) is 1. The number of morpholine rings is 1. The molecule has 1 unspecified atom stereocenters. The predicted octanol–water partition coefficient (Wildman–Crippen LogP) is 0.00460. The first-order valence-electron chi connectivity index (χ1n) is 4.48. The van der Waals surface area contributed by atoms with Crippen LogP contribution in [0, 0.1) is 0 Å². The molecule has 1 rings (SSSR count). The summed E-state index contributed by atoms with van der Waals surface area (Å²) in [6, 6.07) is 0. The fraction of sp³-hybridized carbons (Fsp3) is 0.889. The maximum absolute atomic E-state index is 11.4. The van der Waals surface area contributed by atoms with Gasteiger partial charge in [-0.3, -0.25) is 4.79 Å². The molecule has 0 aromatic rings. The number of aliphatic hydroxyl groups is 1. The van der Waals surface area contributed by atoms with E-state index >= 15 is 0 Å². The van der Waals surface area contributed by atoms with Crippen molar-refractivity contribution >= 4 is 5.91 Å². The average Bonchev–Trinajstić information content (AvgIpc) is 2.03. The van der Waals surface area contributed by atoms with Crippen molar-refractivity contribution in [1.29, 1.82) is 0 Å². The molecule has 1 atom stereocenters. The molecular weight excluding hydrogens is 170 g/mol. The van der Waals surface area contributed by atoms with E-state index in [0.29, 0.717) is 6.54 Å². The van der Waals surface area contributed by atoms with E-state index in [1.54, 1.807) is 4.90 Å². The second kappa shape index (κ2) is 3.64. The lowest BCUT2D eigenvalue weighted by Gasteiger charge is -2.40. The Kier molecular flexibility index (Phi) is 2.93. The topological polar surface area (TPSA) is 49.8 Å². The molecule has 0 saturated carbocycles. The van der Waals surface area contributed by atoms with Gasteiger partial charge < -0.3 is 14.7 Å². The summed E-state index contributed by atoms with van der Waals surface area (Å²) in [5, 5.41) is 8.90. The Hall–Kier alpha value is -0.610. The zero-order valence-corrected chi connectivity index (χ0v) is 8.41. The summed E-state index contributed by atoms with van der Waals surface area (Å²) in [6.07, 6.45) is -0.225. The average molecular weight is 187 g/mol. The maximum Gasteiger partial charge on any atom is 0.249 e. The lowest BCUT2D eigenvalue weighted by atomic mass is 10.0. The van der Waals surface area contributed by atoms with Gasteiger partial charge in [-0.05, 0) is 20.8 Å². The Morgan fingerprint density at radius 3 is 2.69 bits per heavy atom. The van der Waals surface area contributed by atoms with Crippen LogP contribution >= 0.6 is 0 Å². The van der Waals surface area contributed by atoms with E-state index in [4.69, 9.17) is 9.84 Å². The van der Waals surface area contributed by atoms with Crippen LogP contribution in [0.2, 0.25) is 0 Å². The third kappa shape index (κ3) is 2.42. The van der Waals surface area contributed by atoms with Crippen LogP contribution in [0.3, 0.4) is 0 Å². The van der Waals surface area contributed by atoms with E-state index in [9.17, 15) is 4.79 Å². The van der Waals surface area contributed by atoms with Gasteiger partial charge in [0.15, 0.2) is 0 Å². The van der Waals surface area contributed by atoms with Gasteiger partial charge in [0, 0.05) is 12.1 Å². The van der Waals surface area contributed by atoms with Gasteiger partial charge in [-0.15, -0.1) is 0 Å². The van der Waals surface area contributed by atoms with Crippen LogP contribution in [-0.4, -0.2) is 47.3 Å². The molecule has 76 valence electrons. The number of carbonyl (C=O) groups is 1. The van der Waals surface area contributed by atoms with Crippen LogP contribution in [0.4, 0.5) is 0 Å². The minimum Gasteiger partial charge on any atom is -0.394 e. The Morgan fingerprint density at radius 1 is 1.62 bits per heavy atom. The first-order valence-corrected chi connectivity index (χ1v) is 4.48. The Labute approximate surface area is 78.5 Å². The largest absolute Gasteiger partial charge is 0.394 e. The minimum atomic E-state index is -0.225. The molecule has 1 aliphatic heterocycles. The van der Waals surface area contributed by atoms with E-state index < -0.39 is 0 Å². The highest BCUT2D eigenvalue weighted by atomic mass is 16.5. The Balaban J connectivity index is 2.66. The molecule has 1 fully saturated rings. The van der Waals surface area contributed by atoms with Crippen LogP contribution in [0.1, 0.15) is 20.8 Å². The van der Waals surface area contributed by atoms with Crippen molar-refractivity contribution in [3.05, 3.63) is 0 Å². The standard InChI is InChI=1S/C9H17NO3/c1-9(2,3)10-4-7(5-11)13-6-8(10)12/h7,11H,4-6H2,1-3H3. The normalized spacial score (nSPS) is 25.1. The van der Waals surface area contributed by atoms with Gasteiger partial charge in [0.1, 0.15) is 6.61 Å². The van der Waals surface area contributed by atoms with Crippen molar-refractivity contribution < 1.29 is 14.6 Å². The summed E-state index contributed by atoms with van der Waals surface area (Å²) in [7, 11) is 0. The van der Waals surface area contributed by atoms with Crippen molar-refractivity contribution in [2.24, 2.45) is 0 Å². The number of aliphatic hydroxyl groups excluding tert-OH is 1. The van der Waals surface area contributed by atoms with Crippen LogP contribution in [0.15, 0.2) is 0 Å². The molecule has 1 N–H and O–H groups in total. The maximum atomic E-state index is 11.4. The molecule has 1 aliphatic rings. The lowest BCUT2D eigenvalue weighted by Crippen LogP contribution is -2.55. The van der Waals surface area contributed by atoms with E-state index in [1.807, 2.05) is 20.8 Å².